The predicted molar refractivity (Wildman–Crippen MR) is 119 cm³/mol. The van der Waals surface area contributed by atoms with E-state index in [-0.39, 0.29) is 16.7 Å². The summed E-state index contributed by atoms with van der Waals surface area (Å²) < 4.78 is 62.5. The van der Waals surface area contributed by atoms with E-state index < -0.39 is 25.9 Å². The summed E-state index contributed by atoms with van der Waals surface area (Å²) in [5.41, 5.74) is 1.24. The zero-order valence-electron chi connectivity index (χ0n) is 17.1. The van der Waals surface area contributed by atoms with Gasteiger partial charge in [-0.3, -0.25) is 0 Å². The Morgan fingerprint density at radius 2 is 1.94 bits per heavy atom. The number of benzene rings is 1. The summed E-state index contributed by atoms with van der Waals surface area (Å²) in [5, 5.41) is 11.6. The number of halogens is 1. The van der Waals surface area contributed by atoms with Crippen LogP contribution in [-0.4, -0.2) is 45.2 Å². The van der Waals surface area contributed by atoms with Crippen LogP contribution in [0.1, 0.15) is 6.42 Å². The van der Waals surface area contributed by atoms with Crippen molar-refractivity contribution in [3.63, 3.8) is 0 Å². The SMILES string of the molecule is CN(C)S(=O)(=O)c1cccc(Nc2nc(NC3=CC(=CS(N)(=O)=O)CC=C3)ncc2F)c1. The number of aromatic nitrogens is 2. The van der Waals surface area contributed by atoms with Crippen molar-refractivity contribution in [2.45, 2.75) is 11.3 Å². The average Bonchev–Trinajstić information content (AvgIpc) is 2.69. The van der Waals surface area contributed by atoms with Crippen LogP contribution in [0.25, 0.3) is 0 Å². The number of primary sulfonamides is 1. The molecular formula is C19H21FN6O4S2. The molecule has 32 heavy (non-hydrogen) atoms. The molecule has 0 saturated heterocycles. The van der Waals surface area contributed by atoms with Crippen LogP contribution in [0.15, 0.2) is 70.3 Å². The van der Waals surface area contributed by atoms with Gasteiger partial charge in [-0.1, -0.05) is 12.1 Å². The largest absolute Gasteiger partial charge is 0.338 e. The predicted octanol–water partition coefficient (Wildman–Crippen LogP) is 2.04. The van der Waals surface area contributed by atoms with Crippen LogP contribution in [0.3, 0.4) is 0 Å². The van der Waals surface area contributed by atoms with Crippen LogP contribution >= 0.6 is 0 Å². The highest BCUT2D eigenvalue weighted by atomic mass is 32.2. The van der Waals surface area contributed by atoms with Gasteiger partial charge in [0, 0.05) is 30.9 Å². The third-order valence-corrected chi connectivity index (χ3v) is 6.63. The van der Waals surface area contributed by atoms with E-state index in [4.69, 9.17) is 5.14 Å². The topological polar surface area (TPSA) is 147 Å². The molecule has 2 aromatic rings. The van der Waals surface area contributed by atoms with Gasteiger partial charge in [0.25, 0.3) is 0 Å². The van der Waals surface area contributed by atoms with Crippen LogP contribution in [0.4, 0.5) is 21.8 Å². The molecule has 0 radical (unpaired) electrons. The van der Waals surface area contributed by atoms with Gasteiger partial charge >= 0.3 is 0 Å². The Labute approximate surface area is 185 Å². The summed E-state index contributed by atoms with van der Waals surface area (Å²) in [6.07, 6.45) is 6.30. The lowest BCUT2D eigenvalue weighted by Gasteiger charge is -2.14. The maximum atomic E-state index is 14.3. The van der Waals surface area contributed by atoms with Crippen molar-refractivity contribution in [1.82, 2.24) is 14.3 Å². The first-order chi connectivity index (χ1) is 14.9. The molecule has 3 rings (SSSR count). The molecule has 0 saturated carbocycles. The average molecular weight is 481 g/mol. The lowest BCUT2D eigenvalue weighted by molar-refractivity contribution is 0.521. The summed E-state index contributed by atoms with van der Waals surface area (Å²) in [4.78, 5) is 7.99. The molecule has 1 heterocycles. The highest BCUT2D eigenvalue weighted by Crippen LogP contribution is 2.23. The Morgan fingerprint density at radius 1 is 1.19 bits per heavy atom. The molecular weight excluding hydrogens is 459 g/mol. The first-order valence-corrected chi connectivity index (χ1v) is 12.2. The van der Waals surface area contributed by atoms with Crippen LogP contribution in [-0.2, 0) is 20.0 Å². The van der Waals surface area contributed by atoms with Gasteiger partial charge < -0.3 is 10.6 Å². The normalized spacial score (nSPS) is 15.7. The van der Waals surface area contributed by atoms with E-state index in [9.17, 15) is 21.2 Å². The second kappa shape index (κ2) is 9.16. The molecule has 0 aliphatic heterocycles. The van der Waals surface area contributed by atoms with E-state index in [2.05, 4.69) is 20.6 Å². The molecule has 1 aliphatic rings. The van der Waals surface area contributed by atoms with Gasteiger partial charge in [0.15, 0.2) is 11.6 Å². The number of hydrogen-bond acceptors (Lipinski definition) is 8. The highest BCUT2D eigenvalue weighted by Gasteiger charge is 2.18. The number of rotatable bonds is 7. The zero-order chi connectivity index (χ0) is 23.5. The lowest BCUT2D eigenvalue weighted by Crippen LogP contribution is -2.22. The Balaban J connectivity index is 1.85. The summed E-state index contributed by atoms with van der Waals surface area (Å²) in [6.45, 7) is 0. The fourth-order valence-corrected chi connectivity index (χ4v) is 4.26. The quantitative estimate of drug-likeness (QED) is 0.545. The Hall–Kier alpha value is -3.13. The van der Waals surface area contributed by atoms with E-state index in [1.807, 2.05) is 0 Å². The number of anilines is 3. The number of nitrogens with two attached hydrogens (primary N) is 1. The van der Waals surface area contributed by atoms with E-state index >= 15 is 0 Å². The van der Waals surface area contributed by atoms with Crippen molar-refractivity contribution in [1.29, 1.82) is 0 Å². The molecule has 0 unspecified atom stereocenters. The minimum absolute atomic E-state index is 0.0342. The molecule has 0 atom stereocenters. The van der Waals surface area contributed by atoms with E-state index in [1.165, 1.54) is 32.3 Å². The van der Waals surface area contributed by atoms with Crippen LogP contribution in [0, 0.1) is 5.82 Å². The summed E-state index contributed by atoms with van der Waals surface area (Å²) >= 11 is 0. The summed E-state index contributed by atoms with van der Waals surface area (Å²) in [5.74, 6) is -0.888. The Morgan fingerprint density at radius 3 is 2.62 bits per heavy atom. The third kappa shape index (κ3) is 5.97. The van der Waals surface area contributed by atoms with Gasteiger partial charge in [-0.05, 0) is 42.3 Å². The molecule has 1 aromatic heterocycles. The fraction of sp³-hybridized carbons (Fsp3) is 0.158. The lowest BCUT2D eigenvalue weighted by atomic mass is 10.1. The number of nitrogens with zero attached hydrogens (tertiary/aromatic N) is 3. The van der Waals surface area contributed by atoms with Crippen molar-refractivity contribution in [2.75, 3.05) is 24.7 Å². The summed E-state index contributed by atoms with van der Waals surface area (Å²) in [6, 6.07) is 5.88. The highest BCUT2D eigenvalue weighted by molar-refractivity contribution is 7.92. The first kappa shape index (κ1) is 23.5. The Kier molecular flexibility index (Phi) is 6.74. The van der Waals surface area contributed by atoms with Gasteiger partial charge in [0.1, 0.15) is 0 Å². The van der Waals surface area contributed by atoms with Crippen molar-refractivity contribution in [3.05, 3.63) is 71.2 Å². The molecule has 170 valence electrons. The van der Waals surface area contributed by atoms with Crippen LogP contribution in [0.5, 0.6) is 0 Å². The standard InChI is InChI=1S/C19H21FN6O4S2/c1-26(2)32(29,30)16-8-4-7-15(10-16)23-18-17(20)11-22-19(25-18)24-14-6-3-5-13(9-14)12-31(21,27)28/h3-4,6-12H,5H2,1-2H3,(H2,21,27,28)(H2,22,23,24,25). The first-order valence-electron chi connectivity index (χ1n) is 9.15. The van der Waals surface area contributed by atoms with Crippen molar-refractivity contribution < 1.29 is 21.2 Å². The fourth-order valence-electron chi connectivity index (χ4n) is 2.73. The van der Waals surface area contributed by atoms with Crippen molar-refractivity contribution in [2.24, 2.45) is 5.14 Å². The number of hydrogen-bond donors (Lipinski definition) is 3. The van der Waals surface area contributed by atoms with E-state index in [0.29, 0.717) is 23.4 Å². The Bertz CT molecular complexity index is 1340. The zero-order valence-corrected chi connectivity index (χ0v) is 18.8. The van der Waals surface area contributed by atoms with E-state index in [1.54, 1.807) is 24.3 Å². The smallest absolute Gasteiger partial charge is 0.242 e. The van der Waals surface area contributed by atoms with Crippen LogP contribution < -0.4 is 15.8 Å². The van der Waals surface area contributed by atoms with Gasteiger partial charge in [-0.2, -0.15) is 4.98 Å². The third-order valence-electron chi connectivity index (χ3n) is 4.18. The second-order valence-corrected chi connectivity index (χ2v) is 10.5. The number of sulfonamides is 2. The maximum Gasteiger partial charge on any atom is 0.242 e. The van der Waals surface area contributed by atoms with Gasteiger partial charge in [-0.25, -0.2) is 35.7 Å². The van der Waals surface area contributed by atoms with E-state index in [0.717, 1.165) is 15.9 Å². The van der Waals surface area contributed by atoms with Crippen molar-refractivity contribution in [3.8, 4) is 0 Å². The molecule has 4 N–H and O–H groups in total. The number of nitrogens with one attached hydrogen (secondary N) is 2. The molecule has 1 aromatic carbocycles. The van der Waals surface area contributed by atoms with Gasteiger partial charge in [-0.15, -0.1) is 0 Å². The van der Waals surface area contributed by atoms with Gasteiger partial charge in [0.2, 0.25) is 26.0 Å². The van der Waals surface area contributed by atoms with Crippen molar-refractivity contribution >= 4 is 37.5 Å². The van der Waals surface area contributed by atoms with Gasteiger partial charge in [0.05, 0.1) is 11.1 Å². The molecule has 1 aliphatic carbocycles. The molecule has 0 bridgehead atoms. The van der Waals surface area contributed by atoms with Crippen LogP contribution in [0.2, 0.25) is 0 Å². The second-order valence-electron chi connectivity index (χ2n) is 6.94. The monoisotopic (exact) mass is 480 g/mol. The molecule has 13 heteroatoms. The number of allylic oxidation sites excluding steroid dienone is 4. The molecule has 0 fully saturated rings. The molecule has 10 nitrogen and oxygen atoms in total. The minimum Gasteiger partial charge on any atom is -0.338 e. The summed E-state index contributed by atoms with van der Waals surface area (Å²) in [7, 11) is -4.63. The maximum absolute atomic E-state index is 14.3. The molecule has 0 spiro atoms. The molecule has 0 amide bonds. The minimum atomic E-state index is -3.79.